The Labute approximate surface area is 133 Å². The van der Waals surface area contributed by atoms with Gasteiger partial charge in [0.15, 0.2) is 6.10 Å². The van der Waals surface area contributed by atoms with Gasteiger partial charge in [-0.05, 0) is 34.9 Å². The Morgan fingerprint density at radius 2 is 1.82 bits per heavy atom. The minimum atomic E-state index is -0.0722. The molecule has 0 aromatic heterocycles. The van der Waals surface area contributed by atoms with Crippen molar-refractivity contribution < 1.29 is 9.47 Å². The van der Waals surface area contributed by atoms with Gasteiger partial charge < -0.3 is 15.2 Å². The SMILES string of the molecule is CC(C)(C)CC(C)(C)c1ccc(OC[C@@H]2CN=C(N)O2)cc1. The van der Waals surface area contributed by atoms with Gasteiger partial charge in [0.2, 0.25) is 0 Å². The summed E-state index contributed by atoms with van der Waals surface area (Å²) in [5.41, 5.74) is 7.27. The summed E-state index contributed by atoms with van der Waals surface area (Å²) in [5, 5.41) is 0. The number of nitrogens with two attached hydrogens (primary N) is 1. The number of hydrogen-bond donors (Lipinski definition) is 1. The second kappa shape index (κ2) is 6.19. The average molecular weight is 304 g/mol. The van der Waals surface area contributed by atoms with E-state index in [1.54, 1.807) is 0 Å². The van der Waals surface area contributed by atoms with Crippen LogP contribution in [0.1, 0.15) is 46.6 Å². The largest absolute Gasteiger partial charge is 0.490 e. The molecule has 0 spiro atoms. The Morgan fingerprint density at radius 3 is 2.32 bits per heavy atom. The molecule has 0 aliphatic carbocycles. The molecule has 1 atom stereocenters. The molecule has 0 bridgehead atoms. The van der Waals surface area contributed by atoms with Gasteiger partial charge in [0.25, 0.3) is 6.02 Å². The van der Waals surface area contributed by atoms with Crippen LogP contribution in [0.3, 0.4) is 0 Å². The van der Waals surface area contributed by atoms with Crippen molar-refractivity contribution in [2.45, 2.75) is 52.6 Å². The lowest BCUT2D eigenvalue weighted by Gasteiger charge is -2.33. The number of aliphatic imine (C=N–C) groups is 1. The lowest BCUT2D eigenvalue weighted by molar-refractivity contribution is 0.141. The zero-order valence-electron chi connectivity index (χ0n) is 14.3. The van der Waals surface area contributed by atoms with Crippen molar-refractivity contribution in [1.29, 1.82) is 0 Å². The molecule has 0 amide bonds. The summed E-state index contributed by atoms with van der Waals surface area (Å²) in [6, 6.07) is 8.62. The van der Waals surface area contributed by atoms with E-state index >= 15 is 0 Å². The van der Waals surface area contributed by atoms with Crippen molar-refractivity contribution in [3.8, 4) is 5.75 Å². The number of benzene rings is 1. The molecule has 0 radical (unpaired) electrons. The van der Waals surface area contributed by atoms with E-state index in [1.165, 1.54) is 5.56 Å². The zero-order chi connectivity index (χ0) is 16.4. The summed E-state index contributed by atoms with van der Waals surface area (Å²) in [5.74, 6) is 0.851. The third-order valence-electron chi connectivity index (χ3n) is 3.78. The van der Waals surface area contributed by atoms with Crippen molar-refractivity contribution in [2.24, 2.45) is 16.1 Å². The Morgan fingerprint density at radius 1 is 1.18 bits per heavy atom. The van der Waals surface area contributed by atoms with Gasteiger partial charge >= 0.3 is 0 Å². The minimum Gasteiger partial charge on any atom is -0.490 e. The molecular formula is C18H28N2O2. The van der Waals surface area contributed by atoms with Crippen LogP contribution in [0.15, 0.2) is 29.3 Å². The fraction of sp³-hybridized carbons (Fsp3) is 0.611. The number of nitrogens with zero attached hydrogens (tertiary/aromatic N) is 1. The van der Waals surface area contributed by atoms with E-state index in [4.69, 9.17) is 15.2 Å². The third-order valence-corrected chi connectivity index (χ3v) is 3.78. The van der Waals surface area contributed by atoms with Crippen LogP contribution >= 0.6 is 0 Å². The highest BCUT2D eigenvalue weighted by molar-refractivity contribution is 5.73. The highest BCUT2D eigenvalue weighted by atomic mass is 16.5. The molecule has 22 heavy (non-hydrogen) atoms. The first-order chi connectivity index (χ1) is 10.2. The predicted molar refractivity (Wildman–Crippen MR) is 90.4 cm³/mol. The third kappa shape index (κ3) is 4.65. The van der Waals surface area contributed by atoms with Crippen molar-refractivity contribution in [2.75, 3.05) is 13.2 Å². The van der Waals surface area contributed by atoms with Crippen molar-refractivity contribution in [1.82, 2.24) is 0 Å². The van der Waals surface area contributed by atoms with Crippen LogP contribution < -0.4 is 10.5 Å². The summed E-state index contributed by atoms with van der Waals surface area (Å²) in [6.07, 6.45) is 1.06. The van der Waals surface area contributed by atoms with Gasteiger partial charge in [-0.3, -0.25) is 0 Å². The lowest BCUT2D eigenvalue weighted by Crippen LogP contribution is -2.25. The second-order valence-electron chi connectivity index (χ2n) is 7.88. The summed E-state index contributed by atoms with van der Waals surface area (Å²) in [6.45, 7) is 12.5. The average Bonchev–Trinajstić information content (AvgIpc) is 2.80. The number of amidine groups is 1. The van der Waals surface area contributed by atoms with Gasteiger partial charge in [-0.15, -0.1) is 0 Å². The fourth-order valence-corrected chi connectivity index (χ4v) is 3.14. The smallest absolute Gasteiger partial charge is 0.282 e. The minimum absolute atomic E-state index is 0.0722. The molecule has 4 heteroatoms. The normalized spacial score (nSPS) is 18.8. The van der Waals surface area contributed by atoms with Crippen LogP contribution in [0.4, 0.5) is 0 Å². The van der Waals surface area contributed by atoms with E-state index in [1.807, 2.05) is 12.1 Å². The molecule has 0 saturated carbocycles. The van der Waals surface area contributed by atoms with Crippen LogP contribution in [0, 0.1) is 5.41 Å². The van der Waals surface area contributed by atoms with E-state index < -0.39 is 0 Å². The van der Waals surface area contributed by atoms with E-state index in [9.17, 15) is 0 Å². The summed E-state index contributed by atoms with van der Waals surface area (Å²) >= 11 is 0. The molecule has 0 saturated heterocycles. The van der Waals surface area contributed by atoms with Gasteiger partial charge in [-0.1, -0.05) is 46.8 Å². The number of ether oxygens (including phenoxy) is 2. The maximum Gasteiger partial charge on any atom is 0.282 e. The second-order valence-corrected chi connectivity index (χ2v) is 7.88. The molecule has 122 valence electrons. The fourth-order valence-electron chi connectivity index (χ4n) is 3.14. The Bertz CT molecular complexity index is 527. The number of rotatable bonds is 5. The monoisotopic (exact) mass is 304 g/mol. The molecule has 1 aliphatic heterocycles. The maximum absolute atomic E-state index is 5.75. The molecular weight excluding hydrogens is 276 g/mol. The van der Waals surface area contributed by atoms with Crippen LogP contribution in [0.5, 0.6) is 5.75 Å². The Balaban J connectivity index is 1.92. The van der Waals surface area contributed by atoms with Gasteiger partial charge in [0, 0.05) is 0 Å². The van der Waals surface area contributed by atoms with Crippen LogP contribution in [0.2, 0.25) is 0 Å². The molecule has 2 N–H and O–H groups in total. The van der Waals surface area contributed by atoms with Gasteiger partial charge in [-0.25, -0.2) is 4.99 Å². The van der Waals surface area contributed by atoms with Crippen LogP contribution in [0.25, 0.3) is 0 Å². The first kappa shape index (κ1) is 16.7. The molecule has 1 aromatic carbocycles. The summed E-state index contributed by atoms with van der Waals surface area (Å²) in [4.78, 5) is 4.00. The zero-order valence-corrected chi connectivity index (χ0v) is 14.3. The van der Waals surface area contributed by atoms with Crippen molar-refractivity contribution in [3.05, 3.63) is 29.8 Å². The molecule has 0 unspecified atom stereocenters. The summed E-state index contributed by atoms with van der Waals surface area (Å²) < 4.78 is 11.1. The lowest BCUT2D eigenvalue weighted by atomic mass is 9.72. The van der Waals surface area contributed by atoms with E-state index in [-0.39, 0.29) is 17.5 Å². The number of hydrogen-bond acceptors (Lipinski definition) is 4. The van der Waals surface area contributed by atoms with E-state index in [0.717, 1.165) is 12.2 Å². The predicted octanol–water partition coefficient (Wildman–Crippen LogP) is 3.49. The van der Waals surface area contributed by atoms with Gasteiger partial charge in [0.1, 0.15) is 12.4 Å². The topological polar surface area (TPSA) is 56.8 Å². The van der Waals surface area contributed by atoms with E-state index in [0.29, 0.717) is 18.6 Å². The molecule has 4 nitrogen and oxygen atoms in total. The van der Waals surface area contributed by atoms with Crippen molar-refractivity contribution in [3.63, 3.8) is 0 Å². The van der Waals surface area contributed by atoms with Crippen LogP contribution in [-0.4, -0.2) is 25.3 Å². The Hall–Kier alpha value is -1.71. The molecule has 2 rings (SSSR count). The van der Waals surface area contributed by atoms with Gasteiger partial charge in [0.05, 0.1) is 6.54 Å². The Kier molecular flexibility index (Phi) is 4.69. The molecule has 0 fully saturated rings. The molecule has 1 aliphatic rings. The first-order valence-corrected chi connectivity index (χ1v) is 7.86. The standard InChI is InChI=1S/C18H28N2O2/c1-17(2,3)12-18(4,5)13-6-8-14(9-7-13)21-11-15-10-20-16(19)22-15/h6-9,15H,10-12H2,1-5H3,(H2,19,20)/t15-/m0/s1. The first-order valence-electron chi connectivity index (χ1n) is 7.86. The van der Waals surface area contributed by atoms with Crippen LogP contribution in [-0.2, 0) is 10.2 Å². The quantitative estimate of drug-likeness (QED) is 0.906. The highest BCUT2D eigenvalue weighted by Crippen LogP contribution is 2.36. The maximum atomic E-state index is 5.75. The highest BCUT2D eigenvalue weighted by Gasteiger charge is 2.27. The summed E-state index contributed by atoms with van der Waals surface area (Å²) in [7, 11) is 0. The van der Waals surface area contributed by atoms with Gasteiger partial charge in [-0.2, -0.15) is 0 Å². The molecule has 1 heterocycles. The molecule has 1 aromatic rings. The van der Waals surface area contributed by atoms with Crippen molar-refractivity contribution >= 4 is 6.02 Å². The van der Waals surface area contributed by atoms with E-state index in [2.05, 4.69) is 51.7 Å².